The molecule has 36 heavy (non-hydrogen) atoms. The number of carbonyl (C=O) groups is 1. The van der Waals surface area contributed by atoms with Gasteiger partial charge < -0.3 is 10.1 Å². The lowest BCUT2D eigenvalue weighted by Crippen LogP contribution is -2.58. The molecule has 1 aliphatic heterocycles. The Morgan fingerprint density at radius 2 is 2.17 bits per heavy atom. The SMILES string of the molecule is C=CC(/C=C/C1C=CN=CC(N=CC2=CCC(C3(NC(=O)OC(C)(C)C)CCC3)C=C2)C1)C/C=C\C. The first-order valence-corrected chi connectivity index (χ1v) is 13.3. The smallest absolute Gasteiger partial charge is 0.408 e. The van der Waals surface area contributed by atoms with Crippen LogP contribution in [-0.2, 0) is 4.74 Å². The molecule has 0 saturated heterocycles. The van der Waals surface area contributed by atoms with Crippen molar-refractivity contribution in [1.29, 1.82) is 0 Å². The van der Waals surface area contributed by atoms with Gasteiger partial charge in [-0.15, -0.1) is 6.58 Å². The first-order chi connectivity index (χ1) is 17.2. The average molecular weight is 490 g/mol. The molecule has 1 heterocycles. The molecule has 5 nitrogen and oxygen atoms in total. The van der Waals surface area contributed by atoms with Crippen LogP contribution in [0.1, 0.15) is 66.2 Å². The molecule has 5 heteroatoms. The summed E-state index contributed by atoms with van der Waals surface area (Å²) < 4.78 is 5.52. The third-order valence-electron chi connectivity index (χ3n) is 6.99. The topological polar surface area (TPSA) is 63.0 Å². The van der Waals surface area contributed by atoms with Crippen LogP contribution in [0.3, 0.4) is 0 Å². The van der Waals surface area contributed by atoms with Crippen molar-refractivity contribution in [2.45, 2.75) is 83.4 Å². The summed E-state index contributed by atoms with van der Waals surface area (Å²) in [7, 11) is 0. The second-order valence-corrected chi connectivity index (χ2v) is 11.0. The third kappa shape index (κ3) is 8.32. The van der Waals surface area contributed by atoms with E-state index in [0.717, 1.165) is 44.1 Å². The molecule has 0 spiro atoms. The minimum absolute atomic E-state index is 0.0335. The molecule has 4 unspecified atom stereocenters. The lowest BCUT2D eigenvalue weighted by atomic mass is 9.66. The molecule has 4 atom stereocenters. The summed E-state index contributed by atoms with van der Waals surface area (Å²) in [5.74, 6) is 0.907. The van der Waals surface area contributed by atoms with Gasteiger partial charge in [0.25, 0.3) is 0 Å². The highest BCUT2D eigenvalue weighted by Gasteiger charge is 2.45. The fourth-order valence-electron chi connectivity index (χ4n) is 4.78. The summed E-state index contributed by atoms with van der Waals surface area (Å²) in [6, 6.07) is 0.0335. The molecule has 0 radical (unpaired) electrons. The van der Waals surface area contributed by atoms with Gasteiger partial charge in [0.1, 0.15) is 5.60 Å². The predicted octanol–water partition coefficient (Wildman–Crippen LogP) is 7.30. The Kier molecular flexibility index (Phi) is 9.86. The van der Waals surface area contributed by atoms with E-state index < -0.39 is 5.60 Å². The van der Waals surface area contributed by atoms with E-state index in [1.54, 1.807) is 0 Å². The molecule has 0 aromatic rings. The van der Waals surface area contributed by atoms with Crippen LogP contribution < -0.4 is 5.32 Å². The van der Waals surface area contributed by atoms with Crippen LogP contribution in [0, 0.1) is 17.8 Å². The second kappa shape index (κ2) is 12.8. The molecule has 1 N–H and O–H groups in total. The summed E-state index contributed by atoms with van der Waals surface area (Å²) in [5, 5.41) is 3.19. The summed E-state index contributed by atoms with van der Waals surface area (Å²) in [6.07, 6.45) is 30.8. The number of nitrogens with zero attached hydrogens (tertiary/aromatic N) is 2. The second-order valence-electron chi connectivity index (χ2n) is 11.0. The number of carbonyl (C=O) groups excluding carboxylic acids is 1. The summed E-state index contributed by atoms with van der Waals surface area (Å²) >= 11 is 0. The Morgan fingerprint density at radius 3 is 2.78 bits per heavy atom. The number of allylic oxidation sites excluding steroid dienone is 9. The van der Waals surface area contributed by atoms with Crippen molar-refractivity contribution in [3.63, 3.8) is 0 Å². The van der Waals surface area contributed by atoms with E-state index in [1.165, 1.54) is 0 Å². The van der Waals surface area contributed by atoms with E-state index in [2.05, 4.69) is 65.5 Å². The molecule has 1 saturated carbocycles. The molecule has 3 aliphatic rings. The van der Waals surface area contributed by atoms with Gasteiger partial charge in [-0.3, -0.25) is 9.98 Å². The van der Waals surface area contributed by atoms with Crippen molar-refractivity contribution < 1.29 is 9.53 Å². The maximum Gasteiger partial charge on any atom is 0.408 e. The molecule has 1 fully saturated rings. The number of hydrogen-bond donors (Lipinski definition) is 1. The van der Waals surface area contributed by atoms with E-state index in [0.29, 0.717) is 11.8 Å². The normalized spacial score (nSPS) is 26.6. The number of alkyl carbamates (subject to hydrolysis) is 1. The molecular weight excluding hydrogens is 446 g/mol. The molecule has 0 bridgehead atoms. The number of rotatable bonds is 9. The first kappa shape index (κ1) is 27.6. The van der Waals surface area contributed by atoms with Crippen LogP contribution in [0.4, 0.5) is 4.79 Å². The van der Waals surface area contributed by atoms with Gasteiger partial charge in [-0.25, -0.2) is 4.79 Å². The zero-order chi connectivity index (χ0) is 26.0. The Morgan fingerprint density at radius 1 is 1.36 bits per heavy atom. The number of hydrogen-bond acceptors (Lipinski definition) is 4. The minimum atomic E-state index is -0.494. The molecule has 1 amide bonds. The fourth-order valence-corrected chi connectivity index (χ4v) is 4.78. The van der Waals surface area contributed by atoms with Gasteiger partial charge in [0.15, 0.2) is 0 Å². The van der Waals surface area contributed by atoms with Gasteiger partial charge >= 0.3 is 6.09 Å². The monoisotopic (exact) mass is 489 g/mol. The van der Waals surface area contributed by atoms with Crippen molar-refractivity contribution >= 4 is 18.5 Å². The molecule has 2 aliphatic carbocycles. The van der Waals surface area contributed by atoms with Crippen LogP contribution in [0.25, 0.3) is 0 Å². The van der Waals surface area contributed by atoms with Gasteiger partial charge in [0, 0.05) is 30.1 Å². The Bertz CT molecular complexity index is 970. The fraction of sp³-hybridized carbons (Fsp3) is 0.516. The number of ether oxygens (including phenoxy) is 1. The largest absolute Gasteiger partial charge is 0.444 e. The van der Waals surface area contributed by atoms with E-state index >= 15 is 0 Å². The van der Waals surface area contributed by atoms with Crippen LogP contribution in [0.15, 0.2) is 83.0 Å². The van der Waals surface area contributed by atoms with Crippen LogP contribution >= 0.6 is 0 Å². The number of aliphatic imine (C=N–C) groups is 2. The van der Waals surface area contributed by atoms with Crippen molar-refractivity contribution in [1.82, 2.24) is 5.32 Å². The van der Waals surface area contributed by atoms with Gasteiger partial charge in [-0.2, -0.15) is 0 Å². The predicted molar refractivity (Wildman–Crippen MR) is 152 cm³/mol. The van der Waals surface area contributed by atoms with E-state index in [1.807, 2.05) is 52.4 Å². The minimum Gasteiger partial charge on any atom is -0.444 e. The summed E-state index contributed by atoms with van der Waals surface area (Å²) in [4.78, 5) is 21.7. The quantitative estimate of drug-likeness (QED) is 0.273. The van der Waals surface area contributed by atoms with Crippen LogP contribution in [0.5, 0.6) is 0 Å². The maximum absolute atomic E-state index is 12.4. The third-order valence-corrected chi connectivity index (χ3v) is 6.99. The Labute approximate surface area is 217 Å². The van der Waals surface area contributed by atoms with Gasteiger partial charge in [0.2, 0.25) is 0 Å². The van der Waals surface area contributed by atoms with Crippen LogP contribution in [0.2, 0.25) is 0 Å². The highest BCUT2D eigenvalue weighted by molar-refractivity contribution is 5.84. The van der Waals surface area contributed by atoms with Gasteiger partial charge in [-0.1, -0.05) is 54.7 Å². The lowest BCUT2D eigenvalue weighted by molar-refractivity contribution is 0.0315. The maximum atomic E-state index is 12.4. The van der Waals surface area contributed by atoms with Gasteiger partial charge in [-0.05, 0) is 83.6 Å². The highest BCUT2D eigenvalue weighted by atomic mass is 16.6. The summed E-state index contributed by atoms with van der Waals surface area (Å²) in [6.45, 7) is 11.7. The molecule has 3 rings (SSSR count). The van der Waals surface area contributed by atoms with Crippen molar-refractivity contribution in [3.05, 3.63) is 73.0 Å². The zero-order valence-electron chi connectivity index (χ0n) is 22.4. The molecular formula is C31H43N3O2. The average Bonchev–Trinajstić information content (AvgIpc) is 3.05. The van der Waals surface area contributed by atoms with E-state index in [9.17, 15) is 4.79 Å². The van der Waals surface area contributed by atoms with E-state index in [4.69, 9.17) is 9.73 Å². The van der Waals surface area contributed by atoms with Crippen molar-refractivity contribution in [2.24, 2.45) is 27.7 Å². The van der Waals surface area contributed by atoms with Gasteiger partial charge in [0.05, 0.1) is 6.04 Å². The highest BCUT2D eigenvalue weighted by Crippen LogP contribution is 2.42. The Hall–Kier alpha value is -2.95. The molecule has 194 valence electrons. The number of nitrogens with one attached hydrogen (secondary N) is 1. The first-order valence-electron chi connectivity index (χ1n) is 13.3. The summed E-state index contributed by atoms with van der Waals surface area (Å²) in [5.41, 5.74) is 0.411. The Balaban J connectivity index is 1.55. The zero-order valence-corrected chi connectivity index (χ0v) is 22.4. The standard InChI is InChI=1S/C31H43N3O2/c1-6-8-10-24(7-2)11-12-25-17-20-32-23-28(21-25)33-22-26-13-15-27(16-14-26)31(18-9-19-31)34-29(35)36-30(3,4)5/h6-8,11-15,17,20,22-25,27-28H,2,9-10,16,18-19,21H2,1,3-5H3,(H,34,35)/b8-6-,12-11+,33-22?. The van der Waals surface area contributed by atoms with Crippen LogP contribution in [-0.4, -0.2) is 35.7 Å². The lowest BCUT2D eigenvalue weighted by Gasteiger charge is -2.47. The van der Waals surface area contributed by atoms with Crippen molar-refractivity contribution in [2.75, 3.05) is 0 Å². The van der Waals surface area contributed by atoms with E-state index in [-0.39, 0.29) is 23.6 Å². The molecule has 0 aromatic heterocycles. The number of amides is 1. The van der Waals surface area contributed by atoms with Crippen molar-refractivity contribution in [3.8, 4) is 0 Å². The molecule has 0 aromatic carbocycles.